The molecule has 0 amide bonds. The van der Waals surface area contributed by atoms with Crippen molar-refractivity contribution >= 4 is 16.6 Å². The summed E-state index contributed by atoms with van der Waals surface area (Å²) in [5, 5.41) is 3.62. The fourth-order valence-electron chi connectivity index (χ4n) is 4.41. The van der Waals surface area contributed by atoms with Crippen molar-refractivity contribution in [3.63, 3.8) is 0 Å². The second-order valence-corrected chi connectivity index (χ2v) is 8.34. The van der Waals surface area contributed by atoms with Crippen LogP contribution >= 0.6 is 0 Å². The van der Waals surface area contributed by atoms with Crippen LogP contribution in [0, 0.1) is 25.2 Å². The normalized spacial score (nSPS) is 20.2. The lowest BCUT2D eigenvalue weighted by Crippen LogP contribution is -2.34. The van der Waals surface area contributed by atoms with Crippen molar-refractivity contribution in [2.24, 2.45) is 5.92 Å². The van der Waals surface area contributed by atoms with Gasteiger partial charge < -0.3 is 15.1 Å². The van der Waals surface area contributed by atoms with Crippen LogP contribution in [0.2, 0.25) is 0 Å². The van der Waals surface area contributed by atoms with Crippen molar-refractivity contribution in [1.82, 2.24) is 14.9 Å². The third-order valence-electron chi connectivity index (χ3n) is 6.02. The van der Waals surface area contributed by atoms with Crippen LogP contribution in [0.15, 0.2) is 15.7 Å². The molecule has 2 N–H and O–H groups in total. The summed E-state index contributed by atoms with van der Waals surface area (Å²) in [6.07, 6.45) is 2.72. The van der Waals surface area contributed by atoms with Gasteiger partial charge in [-0.15, -0.1) is 0 Å². The quantitative estimate of drug-likeness (QED) is 0.731. The smallest absolute Gasteiger partial charge is 0.329 e. The highest BCUT2D eigenvalue weighted by Gasteiger charge is 2.31. The molecular formula is C21H26FN5O2. The fourth-order valence-corrected chi connectivity index (χ4v) is 4.41. The molecule has 1 saturated heterocycles. The standard InChI is InChI=1S/C21H26FN5O2/c1-12(9-23-3)24-10-14-6-7-26(11-14)19-13(2)18-16(8-17(19)22)20(28)25-21(29)27(18)15-4-5-15/h8,12,14-15,24H,4-7,9-11H2,1-2H3,(H,25,28,29). The van der Waals surface area contributed by atoms with Gasteiger partial charge in [0.05, 0.1) is 22.6 Å². The van der Waals surface area contributed by atoms with Crippen molar-refractivity contribution in [2.45, 2.75) is 45.2 Å². The molecule has 2 heterocycles. The second-order valence-electron chi connectivity index (χ2n) is 8.34. The lowest BCUT2D eigenvalue weighted by molar-refractivity contribution is 0.476. The molecule has 154 valence electrons. The van der Waals surface area contributed by atoms with Gasteiger partial charge in [-0.1, -0.05) is 0 Å². The molecule has 29 heavy (non-hydrogen) atoms. The number of H-pyrrole nitrogens is 1. The lowest BCUT2D eigenvalue weighted by atomic mass is 10.1. The molecule has 0 bridgehead atoms. The number of rotatable bonds is 6. The van der Waals surface area contributed by atoms with Gasteiger partial charge in [-0.2, -0.15) is 0 Å². The zero-order chi connectivity index (χ0) is 20.7. The molecule has 2 aliphatic rings. The van der Waals surface area contributed by atoms with Crippen LogP contribution in [-0.2, 0) is 0 Å². The number of aromatic amines is 1. The van der Waals surface area contributed by atoms with Gasteiger partial charge in [-0.25, -0.2) is 15.8 Å². The maximum atomic E-state index is 15.1. The predicted octanol–water partition coefficient (Wildman–Crippen LogP) is 2.20. The molecule has 7 nitrogen and oxygen atoms in total. The van der Waals surface area contributed by atoms with Gasteiger partial charge in [-0.3, -0.25) is 14.3 Å². The summed E-state index contributed by atoms with van der Waals surface area (Å²) in [6, 6.07) is 1.50. The number of halogens is 1. The van der Waals surface area contributed by atoms with E-state index in [-0.39, 0.29) is 17.5 Å². The number of nitrogens with one attached hydrogen (secondary N) is 2. The lowest BCUT2D eigenvalue weighted by Gasteiger charge is -2.24. The number of hydrogen-bond acceptors (Lipinski definition) is 4. The Bertz CT molecular complexity index is 1100. The van der Waals surface area contributed by atoms with Crippen LogP contribution in [0.5, 0.6) is 0 Å². The Balaban J connectivity index is 1.67. The summed E-state index contributed by atoms with van der Waals surface area (Å²) in [4.78, 5) is 32.5. The SMILES string of the molecule is [C-]#[N+]CC(C)NCC1CCN(c2c(F)cc3c(=O)[nH]c(=O)n(C4CC4)c3c2C)C1. The highest BCUT2D eigenvalue weighted by molar-refractivity contribution is 5.87. The average molecular weight is 399 g/mol. The van der Waals surface area contributed by atoms with Gasteiger partial charge in [0.2, 0.25) is 6.54 Å². The summed E-state index contributed by atoms with van der Waals surface area (Å²) in [7, 11) is 0. The monoisotopic (exact) mass is 399 g/mol. The number of fused-ring (bicyclic) bond motifs is 1. The first-order valence-electron chi connectivity index (χ1n) is 10.2. The number of aryl methyl sites for hydroxylation is 1. The van der Waals surface area contributed by atoms with E-state index in [9.17, 15) is 9.59 Å². The van der Waals surface area contributed by atoms with Crippen LogP contribution in [-0.4, -0.2) is 41.8 Å². The molecule has 1 aliphatic heterocycles. The van der Waals surface area contributed by atoms with E-state index >= 15 is 4.39 Å². The number of benzene rings is 1. The van der Waals surface area contributed by atoms with E-state index in [1.54, 1.807) is 4.57 Å². The van der Waals surface area contributed by atoms with Gasteiger partial charge >= 0.3 is 5.69 Å². The zero-order valence-corrected chi connectivity index (χ0v) is 16.8. The molecule has 2 unspecified atom stereocenters. The summed E-state index contributed by atoms with van der Waals surface area (Å²) in [6.45, 7) is 13.4. The Morgan fingerprint density at radius 3 is 2.83 bits per heavy atom. The highest BCUT2D eigenvalue weighted by Crippen LogP contribution is 2.39. The number of hydrogen-bond donors (Lipinski definition) is 2. The van der Waals surface area contributed by atoms with Crippen molar-refractivity contribution in [3.05, 3.63) is 49.7 Å². The maximum absolute atomic E-state index is 15.1. The van der Waals surface area contributed by atoms with Crippen molar-refractivity contribution in [3.8, 4) is 0 Å². The number of aromatic nitrogens is 2. The molecule has 8 heteroatoms. The van der Waals surface area contributed by atoms with Crippen LogP contribution in [0.25, 0.3) is 15.7 Å². The van der Waals surface area contributed by atoms with E-state index in [4.69, 9.17) is 6.57 Å². The van der Waals surface area contributed by atoms with Gasteiger partial charge in [-0.05, 0) is 45.1 Å². The van der Waals surface area contributed by atoms with Crippen LogP contribution < -0.4 is 21.5 Å². The molecule has 1 saturated carbocycles. The fraction of sp³-hybridized carbons (Fsp3) is 0.571. The molecule has 1 aliphatic carbocycles. The Kier molecular flexibility index (Phi) is 5.17. The number of anilines is 1. The first-order valence-corrected chi connectivity index (χ1v) is 10.2. The van der Waals surface area contributed by atoms with E-state index in [1.807, 2.05) is 18.7 Å². The zero-order valence-electron chi connectivity index (χ0n) is 16.8. The highest BCUT2D eigenvalue weighted by atomic mass is 19.1. The van der Waals surface area contributed by atoms with Crippen molar-refractivity contribution < 1.29 is 4.39 Å². The molecule has 0 spiro atoms. The third kappa shape index (κ3) is 3.67. The van der Waals surface area contributed by atoms with E-state index in [0.717, 1.165) is 32.4 Å². The summed E-state index contributed by atoms with van der Waals surface area (Å²) >= 11 is 0. The largest absolute Gasteiger partial charge is 0.369 e. The van der Waals surface area contributed by atoms with Crippen LogP contribution in [0.4, 0.5) is 10.1 Å². The third-order valence-corrected chi connectivity index (χ3v) is 6.02. The van der Waals surface area contributed by atoms with E-state index in [0.29, 0.717) is 35.8 Å². The maximum Gasteiger partial charge on any atom is 0.329 e. The Hall–Kier alpha value is -2.66. The van der Waals surface area contributed by atoms with Gasteiger partial charge in [0.15, 0.2) is 0 Å². The van der Waals surface area contributed by atoms with E-state index in [1.165, 1.54) is 6.07 Å². The topological polar surface area (TPSA) is 74.5 Å². The van der Waals surface area contributed by atoms with Gasteiger partial charge in [0.1, 0.15) is 5.82 Å². The molecule has 2 fully saturated rings. The molecule has 4 rings (SSSR count). The minimum Gasteiger partial charge on any atom is -0.369 e. The Labute approximate surface area is 168 Å². The molecule has 2 aromatic rings. The minimum atomic E-state index is -0.534. The van der Waals surface area contributed by atoms with Gasteiger partial charge in [0.25, 0.3) is 5.56 Å². The van der Waals surface area contributed by atoms with Crippen LogP contribution in [0.3, 0.4) is 0 Å². The number of nitrogens with zero attached hydrogens (tertiary/aromatic N) is 3. The van der Waals surface area contributed by atoms with Gasteiger partial charge in [0, 0.05) is 31.2 Å². The Morgan fingerprint density at radius 2 is 2.14 bits per heavy atom. The predicted molar refractivity (Wildman–Crippen MR) is 111 cm³/mol. The van der Waals surface area contributed by atoms with Crippen molar-refractivity contribution in [1.29, 1.82) is 0 Å². The average Bonchev–Trinajstić information content (AvgIpc) is 3.39. The minimum absolute atomic E-state index is 0.0818. The summed E-state index contributed by atoms with van der Waals surface area (Å²) in [5.74, 6) is -0.0565. The summed E-state index contributed by atoms with van der Waals surface area (Å²) < 4.78 is 16.7. The molecule has 2 atom stereocenters. The molecular weight excluding hydrogens is 373 g/mol. The molecule has 1 aromatic carbocycles. The van der Waals surface area contributed by atoms with Crippen molar-refractivity contribution in [2.75, 3.05) is 31.1 Å². The summed E-state index contributed by atoms with van der Waals surface area (Å²) in [5.41, 5.74) is 0.763. The van der Waals surface area contributed by atoms with Crippen LogP contribution in [0.1, 0.15) is 37.8 Å². The first kappa shape index (κ1) is 19.6. The Morgan fingerprint density at radius 1 is 1.38 bits per heavy atom. The van der Waals surface area contributed by atoms with E-state index in [2.05, 4.69) is 15.1 Å². The first-order chi connectivity index (χ1) is 13.9. The molecule has 1 aromatic heterocycles. The second kappa shape index (κ2) is 7.64. The molecule has 0 radical (unpaired) electrons. The van der Waals surface area contributed by atoms with E-state index < -0.39 is 17.1 Å².